The van der Waals surface area contributed by atoms with Gasteiger partial charge in [0.2, 0.25) is 0 Å². The summed E-state index contributed by atoms with van der Waals surface area (Å²) < 4.78 is 0. The van der Waals surface area contributed by atoms with Crippen LogP contribution in [0.25, 0.3) is 22.3 Å². The average molecular weight is 590 g/mol. The number of nitro benzene ring substituents is 8. The molecule has 0 atom stereocenters. The molecule has 214 valence electrons. The van der Waals surface area contributed by atoms with E-state index in [1.165, 1.54) is 0 Å². The Kier molecular flexibility index (Phi) is 7.39. The van der Waals surface area contributed by atoms with E-state index in [0.29, 0.717) is 0 Å². The third-order valence-corrected chi connectivity index (χ3v) is 5.42. The van der Waals surface area contributed by atoms with E-state index in [1.807, 2.05) is 0 Å². The second-order valence-corrected chi connectivity index (χ2v) is 7.66. The largest absolute Gasteiger partial charge is 0.291 e. The van der Waals surface area contributed by atoms with Crippen molar-refractivity contribution >= 4 is 45.5 Å². The second-order valence-electron chi connectivity index (χ2n) is 7.66. The molecule has 0 saturated carbocycles. The molecule has 3 aromatic carbocycles. The first-order valence-electron chi connectivity index (χ1n) is 10.2. The van der Waals surface area contributed by atoms with Crippen LogP contribution in [-0.4, -0.2) is 39.4 Å². The summed E-state index contributed by atoms with van der Waals surface area (Å²) in [5, 5.41) is 93.3. The van der Waals surface area contributed by atoms with Gasteiger partial charge in [0.25, 0.3) is 45.5 Å². The van der Waals surface area contributed by atoms with Crippen LogP contribution in [0, 0.1) is 80.9 Å². The molecule has 0 heterocycles. The van der Waals surface area contributed by atoms with Crippen molar-refractivity contribution in [1.29, 1.82) is 0 Å². The van der Waals surface area contributed by atoms with E-state index in [0.717, 1.165) is 0 Å². The highest BCUT2D eigenvalue weighted by Gasteiger charge is 2.41. The fourth-order valence-corrected chi connectivity index (χ4v) is 3.81. The Morgan fingerprint density at radius 3 is 0.738 bits per heavy atom. The van der Waals surface area contributed by atoms with Crippen LogP contribution in [0.15, 0.2) is 36.4 Å². The Balaban J connectivity index is 2.72. The number of nitro groups is 8. The van der Waals surface area contributed by atoms with E-state index < -0.39 is 107 Å². The van der Waals surface area contributed by atoms with Crippen molar-refractivity contribution in [2.45, 2.75) is 0 Å². The summed E-state index contributed by atoms with van der Waals surface area (Å²) in [7, 11) is 0. The van der Waals surface area contributed by atoms with Gasteiger partial charge in [0.05, 0.1) is 80.8 Å². The summed E-state index contributed by atoms with van der Waals surface area (Å²) in [6.07, 6.45) is 0. The quantitative estimate of drug-likeness (QED) is 0.234. The molecule has 3 rings (SSSR count). The highest BCUT2D eigenvalue weighted by Crippen LogP contribution is 2.51. The van der Waals surface area contributed by atoms with Crippen LogP contribution in [0.5, 0.6) is 0 Å². The van der Waals surface area contributed by atoms with Crippen LogP contribution < -0.4 is 0 Å². The van der Waals surface area contributed by atoms with E-state index in [-0.39, 0.29) is 36.4 Å². The molecule has 0 spiro atoms. The van der Waals surface area contributed by atoms with E-state index in [4.69, 9.17) is 0 Å². The Bertz CT molecular complexity index is 1620. The van der Waals surface area contributed by atoms with Crippen LogP contribution in [0.3, 0.4) is 0 Å². The molecule has 24 heteroatoms. The molecule has 24 nitrogen and oxygen atoms in total. The van der Waals surface area contributed by atoms with Crippen molar-refractivity contribution in [3.8, 4) is 22.3 Å². The van der Waals surface area contributed by atoms with Crippen molar-refractivity contribution < 1.29 is 39.4 Å². The van der Waals surface area contributed by atoms with Crippen LogP contribution in [0.1, 0.15) is 0 Å². The van der Waals surface area contributed by atoms with Gasteiger partial charge in [-0.1, -0.05) is 0 Å². The number of non-ortho nitro benzene ring substituents is 2. The molecule has 0 radical (unpaired) electrons. The first kappa shape index (κ1) is 29.4. The summed E-state index contributed by atoms with van der Waals surface area (Å²) in [4.78, 5) is 82.3. The molecule has 0 fully saturated rings. The Labute approximate surface area is 225 Å². The lowest BCUT2D eigenvalue weighted by atomic mass is 9.92. The van der Waals surface area contributed by atoms with Gasteiger partial charge in [0.1, 0.15) is 11.1 Å². The number of hydrogen-bond donors (Lipinski definition) is 0. The lowest BCUT2D eigenvalue weighted by molar-refractivity contribution is -0.402. The second kappa shape index (κ2) is 10.6. The van der Waals surface area contributed by atoms with Gasteiger partial charge >= 0.3 is 0 Å². The van der Waals surface area contributed by atoms with Crippen LogP contribution >= 0.6 is 0 Å². The summed E-state index contributed by atoms with van der Waals surface area (Å²) in [5.41, 5.74) is -16.5. The maximum absolute atomic E-state index is 11.9. The molecular formula is C18H6N8O16. The fourth-order valence-electron chi connectivity index (χ4n) is 3.81. The normalized spacial score (nSPS) is 10.5. The average Bonchev–Trinajstić information content (AvgIpc) is 2.90. The van der Waals surface area contributed by atoms with Crippen LogP contribution in [0.4, 0.5) is 45.5 Å². The molecule has 0 unspecified atom stereocenters. The zero-order valence-corrected chi connectivity index (χ0v) is 19.6. The summed E-state index contributed by atoms with van der Waals surface area (Å²) >= 11 is 0. The first-order chi connectivity index (χ1) is 19.5. The number of nitrogens with zero attached hydrogens (tertiary/aromatic N) is 8. The molecule has 0 aliphatic heterocycles. The maximum atomic E-state index is 11.9. The zero-order valence-electron chi connectivity index (χ0n) is 19.6. The zero-order chi connectivity index (χ0) is 31.8. The summed E-state index contributed by atoms with van der Waals surface area (Å²) in [5.74, 6) is 0. The van der Waals surface area contributed by atoms with Crippen LogP contribution in [0.2, 0.25) is 0 Å². The van der Waals surface area contributed by atoms with Gasteiger partial charge in [-0.3, -0.25) is 80.9 Å². The van der Waals surface area contributed by atoms with Gasteiger partial charge in [-0.15, -0.1) is 0 Å². The van der Waals surface area contributed by atoms with E-state index >= 15 is 0 Å². The van der Waals surface area contributed by atoms with Crippen LogP contribution in [-0.2, 0) is 0 Å². The van der Waals surface area contributed by atoms with E-state index in [1.54, 1.807) is 0 Å². The van der Waals surface area contributed by atoms with Crippen molar-refractivity contribution in [3.05, 3.63) is 117 Å². The van der Waals surface area contributed by atoms with Gasteiger partial charge in [-0.05, 0) is 6.07 Å². The Morgan fingerprint density at radius 2 is 0.548 bits per heavy atom. The fraction of sp³-hybridized carbons (Fsp3) is 0. The lowest BCUT2D eigenvalue weighted by Gasteiger charge is -2.10. The minimum absolute atomic E-state index is 0.0361. The molecule has 0 aromatic heterocycles. The maximum Gasteiger partial charge on any atom is 0.291 e. The molecule has 0 bridgehead atoms. The summed E-state index contributed by atoms with van der Waals surface area (Å²) in [6.45, 7) is 0. The van der Waals surface area contributed by atoms with Gasteiger partial charge < -0.3 is 0 Å². The highest BCUT2D eigenvalue weighted by atomic mass is 16.7. The standard InChI is InChI=1S/C18H6N8O16/c27-19(28)7-1-13(23(35)36)17(14(2-7)24(37)38)9-5-10(12(22(33)34)6-11(9)21(31)32)18-15(25(39)40)3-8(20(29)30)4-16(18)26(41)42/h1-6H. The monoisotopic (exact) mass is 590 g/mol. The highest BCUT2D eigenvalue weighted by molar-refractivity contribution is 5.97. The lowest BCUT2D eigenvalue weighted by Crippen LogP contribution is -2.05. The minimum Gasteiger partial charge on any atom is -0.258 e. The van der Waals surface area contributed by atoms with E-state index in [2.05, 4.69) is 0 Å². The van der Waals surface area contributed by atoms with Crippen molar-refractivity contribution in [1.82, 2.24) is 0 Å². The third kappa shape index (κ3) is 5.10. The molecule has 0 saturated heterocycles. The van der Waals surface area contributed by atoms with Crippen molar-refractivity contribution in [2.75, 3.05) is 0 Å². The predicted octanol–water partition coefficient (Wildman–Crippen LogP) is 4.29. The first-order valence-corrected chi connectivity index (χ1v) is 10.2. The van der Waals surface area contributed by atoms with Gasteiger partial charge in [0, 0.05) is 0 Å². The molecule has 42 heavy (non-hydrogen) atoms. The van der Waals surface area contributed by atoms with Crippen molar-refractivity contribution in [2.24, 2.45) is 0 Å². The molecule has 0 N–H and O–H groups in total. The van der Waals surface area contributed by atoms with E-state index in [9.17, 15) is 80.9 Å². The summed E-state index contributed by atoms with van der Waals surface area (Å²) in [6, 6.07) is 0.911. The smallest absolute Gasteiger partial charge is 0.258 e. The van der Waals surface area contributed by atoms with Gasteiger partial charge in [-0.2, -0.15) is 0 Å². The molecule has 3 aromatic rings. The third-order valence-electron chi connectivity index (χ3n) is 5.42. The Morgan fingerprint density at radius 1 is 0.310 bits per heavy atom. The number of hydrogen-bond acceptors (Lipinski definition) is 16. The molecular weight excluding hydrogens is 584 g/mol. The minimum atomic E-state index is -1.49. The molecule has 0 aliphatic rings. The molecule has 0 aliphatic carbocycles. The molecule has 0 amide bonds. The number of rotatable bonds is 10. The van der Waals surface area contributed by atoms with Gasteiger partial charge in [0.15, 0.2) is 0 Å². The topological polar surface area (TPSA) is 345 Å². The van der Waals surface area contributed by atoms with Gasteiger partial charge in [-0.25, -0.2) is 0 Å². The SMILES string of the molecule is O=[N+]([O-])c1cc([N+](=O)[O-])c(-c2cc(-c3c([N+](=O)[O-])cc([N+](=O)[O-])cc3[N+](=O)[O-])c([N+](=O)[O-])cc2[N+](=O)[O-])c([N+](=O)[O-])c1. The predicted molar refractivity (Wildman–Crippen MR) is 131 cm³/mol. The number of benzene rings is 3. The Hall–Kier alpha value is -7.14. The van der Waals surface area contributed by atoms with Crippen molar-refractivity contribution in [3.63, 3.8) is 0 Å².